The molecule has 0 spiro atoms. The van der Waals surface area contributed by atoms with Crippen molar-refractivity contribution in [3.8, 4) is 0 Å². The van der Waals surface area contributed by atoms with Crippen LogP contribution in [-0.2, 0) is 9.53 Å². The Morgan fingerprint density at radius 1 is 1.33 bits per heavy atom. The van der Waals surface area contributed by atoms with E-state index in [0.717, 1.165) is 0 Å². The van der Waals surface area contributed by atoms with Crippen LogP contribution in [0.4, 0.5) is 0 Å². The van der Waals surface area contributed by atoms with Crippen LogP contribution in [-0.4, -0.2) is 17.8 Å². The van der Waals surface area contributed by atoms with Gasteiger partial charge in [0, 0.05) is 16.2 Å². The molecule has 0 aromatic heterocycles. The van der Waals surface area contributed by atoms with Gasteiger partial charge in [-0.15, -0.1) is 11.8 Å². The molecule has 0 radical (unpaired) electrons. The fourth-order valence-electron chi connectivity index (χ4n) is 1.42. The lowest BCUT2D eigenvalue weighted by atomic mass is 10.1. The minimum absolute atomic E-state index is 0.267. The third-order valence-electron chi connectivity index (χ3n) is 2.38. The van der Waals surface area contributed by atoms with E-state index in [1.54, 1.807) is 11.8 Å². The average Bonchev–Trinajstić information content (AvgIpc) is 2.35. The van der Waals surface area contributed by atoms with Gasteiger partial charge in [0.1, 0.15) is 0 Å². The van der Waals surface area contributed by atoms with Crippen LogP contribution in [0, 0.1) is 5.92 Å². The van der Waals surface area contributed by atoms with E-state index in [1.807, 2.05) is 31.2 Å². The fourth-order valence-corrected chi connectivity index (χ4v) is 2.48. The van der Waals surface area contributed by atoms with Crippen molar-refractivity contribution in [1.82, 2.24) is 0 Å². The van der Waals surface area contributed by atoms with Crippen LogP contribution in [0.1, 0.15) is 20.8 Å². The highest BCUT2D eigenvalue weighted by Gasteiger charge is 2.12. The molecule has 0 saturated carbocycles. The second-order valence-corrected chi connectivity index (χ2v) is 5.50. The molecule has 1 aromatic rings. The summed E-state index contributed by atoms with van der Waals surface area (Å²) >= 11 is 1.76. The van der Waals surface area contributed by atoms with E-state index in [-0.39, 0.29) is 11.2 Å². The van der Waals surface area contributed by atoms with Gasteiger partial charge in [-0.3, -0.25) is 0 Å². The lowest BCUT2D eigenvalue weighted by Gasteiger charge is -2.16. The maximum atomic E-state index is 11.3. The first-order valence-electron chi connectivity index (χ1n) is 6.20. The summed E-state index contributed by atoms with van der Waals surface area (Å²) in [5.74, 6) is 0.192. The number of rotatable bonds is 6. The highest BCUT2D eigenvalue weighted by atomic mass is 32.2. The highest BCUT2D eigenvalue weighted by molar-refractivity contribution is 8.00. The molecule has 0 bridgehead atoms. The number of esters is 1. The van der Waals surface area contributed by atoms with Crippen molar-refractivity contribution in [2.75, 3.05) is 6.61 Å². The van der Waals surface area contributed by atoms with Gasteiger partial charge in [0.05, 0.1) is 6.61 Å². The molecule has 3 heteroatoms. The van der Waals surface area contributed by atoms with Crippen LogP contribution in [0.15, 0.2) is 47.4 Å². The van der Waals surface area contributed by atoms with Crippen molar-refractivity contribution >= 4 is 17.7 Å². The molecule has 0 aliphatic carbocycles. The zero-order valence-electron chi connectivity index (χ0n) is 11.1. The Labute approximate surface area is 113 Å². The molecule has 18 heavy (non-hydrogen) atoms. The van der Waals surface area contributed by atoms with Crippen molar-refractivity contribution in [3.63, 3.8) is 0 Å². The molecule has 0 amide bonds. The molecule has 0 saturated heterocycles. The zero-order valence-corrected chi connectivity index (χ0v) is 11.9. The second-order valence-electron chi connectivity index (χ2n) is 4.25. The Morgan fingerprint density at radius 3 is 2.56 bits per heavy atom. The van der Waals surface area contributed by atoms with Crippen LogP contribution in [0.5, 0.6) is 0 Å². The first-order valence-corrected chi connectivity index (χ1v) is 7.08. The molecular formula is C15H20O2S. The Balaban J connectivity index is 2.63. The Kier molecular flexibility index (Phi) is 6.58. The molecule has 0 heterocycles. The largest absolute Gasteiger partial charge is 0.463 e. The summed E-state index contributed by atoms with van der Waals surface area (Å²) in [6, 6.07) is 10.2. The Morgan fingerprint density at radius 2 is 2.00 bits per heavy atom. The number of carbonyl (C=O) groups is 1. The number of hydrogen-bond donors (Lipinski definition) is 0. The molecule has 0 fully saturated rings. The minimum Gasteiger partial charge on any atom is -0.463 e. The fraction of sp³-hybridized carbons (Fsp3) is 0.400. The first-order chi connectivity index (χ1) is 8.63. The number of thioether (sulfide) groups is 1. The molecule has 1 unspecified atom stereocenters. The smallest absolute Gasteiger partial charge is 0.330 e. The molecule has 2 nitrogen and oxygen atoms in total. The van der Waals surface area contributed by atoms with Crippen LogP contribution in [0.25, 0.3) is 0 Å². The van der Waals surface area contributed by atoms with Gasteiger partial charge in [-0.25, -0.2) is 4.79 Å². The lowest BCUT2D eigenvalue weighted by Crippen LogP contribution is -2.09. The number of carbonyl (C=O) groups excluding carboxylic acids is 1. The summed E-state index contributed by atoms with van der Waals surface area (Å²) in [5, 5.41) is 0.275. The topological polar surface area (TPSA) is 26.3 Å². The van der Waals surface area contributed by atoms with Crippen molar-refractivity contribution in [2.24, 2.45) is 5.92 Å². The molecule has 1 aromatic carbocycles. The number of ether oxygens (including phenoxy) is 1. The summed E-state index contributed by atoms with van der Waals surface area (Å²) < 4.78 is 4.89. The monoisotopic (exact) mass is 264 g/mol. The Hall–Kier alpha value is -1.22. The molecule has 0 N–H and O–H groups in total. The molecule has 1 atom stereocenters. The number of benzene rings is 1. The standard InChI is InChI=1S/C15H20O2S/c1-4-17-15(16)11-10-14(12(2)3)18-13-8-6-5-7-9-13/h5-12,14H,4H2,1-3H3/b11-10+. The van der Waals surface area contributed by atoms with Crippen LogP contribution < -0.4 is 0 Å². The van der Waals surface area contributed by atoms with Gasteiger partial charge in [-0.2, -0.15) is 0 Å². The molecule has 1 rings (SSSR count). The van der Waals surface area contributed by atoms with Gasteiger partial charge in [-0.05, 0) is 25.0 Å². The molecular weight excluding hydrogens is 244 g/mol. The average molecular weight is 264 g/mol. The predicted octanol–water partition coefficient (Wildman–Crippen LogP) is 3.92. The quantitative estimate of drug-likeness (QED) is 0.442. The van der Waals surface area contributed by atoms with Crippen molar-refractivity contribution in [2.45, 2.75) is 30.9 Å². The van der Waals surface area contributed by atoms with Gasteiger partial charge in [0.25, 0.3) is 0 Å². The van der Waals surface area contributed by atoms with Crippen molar-refractivity contribution in [1.29, 1.82) is 0 Å². The van der Waals surface area contributed by atoms with E-state index in [1.165, 1.54) is 11.0 Å². The summed E-state index contributed by atoms with van der Waals surface area (Å²) in [7, 11) is 0. The summed E-state index contributed by atoms with van der Waals surface area (Å²) in [4.78, 5) is 12.5. The molecule has 0 aliphatic heterocycles. The van der Waals surface area contributed by atoms with E-state index in [2.05, 4.69) is 26.0 Å². The van der Waals surface area contributed by atoms with Gasteiger partial charge < -0.3 is 4.74 Å². The summed E-state index contributed by atoms with van der Waals surface area (Å²) in [6.07, 6.45) is 3.46. The molecule has 98 valence electrons. The van der Waals surface area contributed by atoms with Crippen molar-refractivity contribution < 1.29 is 9.53 Å². The van der Waals surface area contributed by atoms with E-state index < -0.39 is 0 Å². The van der Waals surface area contributed by atoms with Gasteiger partial charge in [-0.1, -0.05) is 38.1 Å². The van der Waals surface area contributed by atoms with E-state index in [9.17, 15) is 4.79 Å². The van der Waals surface area contributed by atoms with Crippen LogP contribution in [0.3, 0.4) is 0 Å². The van der Waals surface area contributed by atoms with Crippen LogP contribution in [0.2, 0.25) is 0 Å². The normalized spacial score (nSPS) is 12.9. The van der Waals surface area contributed by atoms with Gasteiger partial charge in [0.2, 0.25) is 0 Å². The minimum atomic E-state index is -0.267. The second kappa shape index (κ2) is 7.98. The number of hydrogen-bond acceptors (Lipinski definition) is 3. The highest BCUT2D eigenvalue weighted by Crippen LogP contribution is 2.28. The van der Waals surface area contributed by atoms with Gasteiger partial charge >= 0.3 is 5.97 Å². The van der Waals surface area contributed by atoms with Crippen molar-refractivity contribution in [3.05, 3.63) is 42.5 Å². The maximum absolute atomic E-state index is 11.3. The Bertz CT molecular complexity index is 385. The predicted molar refractivity (Wildman–Crippen MR) is 76.7 cm³/mol. The van der Waals surface area contributed by atoms with E-state index >= 15 is 0 Å². The molecule has 0 aliphatic rings. The summed E-state index contributed by atoms with van der Waals surface area (Å²) in [5.41, 5.74) is 0. The third-order valence-corrected chi connectivity index (χ3v) is 3.90. The first kappa shape index (κ1) is 14.8. The third kappa shape index (κ3) is 5.41. The maximum Gasteiger partial charge on any atom is 0.330 e. The summed E-state index contributed by atoms with van der Waals surface area (Å²) in [6.45, 7) is 6.53. The van der Waals surface area contributed by atoms with E-state index in [0.29, 0.717) is 12.5 Å². The zero-order chi connectivity index (χ0) is 13.4. The van der Waals surface area contributed by atoms with Gasteiger partial charge in [0.15, 0.2) is 0 Å². The SMILES string of the molecule is CCOC(=O)/C=C/C(Sc1ccccc1)C(C)C. The lowest BCUT2D eigenvalue weighted by molar-refractivity contribution is -0.137. The van der Waals surface area contributed by atoms with E-state index in [4.69, 9.17) is 4.74 Å². The van der Waals surface area contributed by atoms with Crippen LogP contribution >= 0.6 is 11.8 Å².